The van der Waals surface area contributed by atoms with Gasteiger partial charge in [-0.1, -0.05) is 18.2 Å². The van der Waals surface area contributed by atoms with Crippen molar-refractivity contribution in [2.24, 2.45) is 0 Å². The van der Waals surface area contributed by atoms with E-state index in [4.69, 9.17) is 16.3 Å². The fraction of sp³-hybridized carbons (Fsp3) is 0.182. The quantitative estimate of drug-likeness (QED) is 0.717. The van der Waals surface area contributed by atoms with E-state index in [2.05, 4.69) is 6.58 Å². The fourth-order valence-electron chi connectivity index (χ4n) is 1.11. The number of Topliss-reactive ketones (excluding diaryl/α,β-unsaturated/α-hetero) is 1. The molecule has 0 aliphatic rings. The Morgan fingerprint density at radius 3 is 2.64 bits per heavy atom. The van der Waals surface area contributed by atoms with Crippen LogP contribution in [-0.2, 0) is 4.79 Å². The zero-order valence-electron chi connectivity index (χ0n) is 8.13. The summed E-state index contributed by atoms with van der Waals surface area (Å²) in [4.78, 5) is 11.1. The average molecular weight is 211 g/mol. The maximum Gasteiger partial charge on any atom is 0.159 e. The minimum absolute atomic E-state index is 0.0921. The largest absolute Gasteiger partial charge is 0.496 e. The topological polar surface area (TPSA) is 26.3 Å². The first-order valence-electron chi connectivity index (χ1n) is 4.10. The highest BCUT2D eigenvalue weighted by Crippen LogP contribution is 2.28. The van der Waals surface area contributed by atoms with Crippen molar-refractivity contribution < 1.29 is 9.53 Å². The number of benzene rings is 1. The molecule has 0 atom stereocenters. The first-order valence-corrected chi connectivity index (χ1v) is 4.48. The molecule has 0 heterocycles. The van der Waals surface area contributed by atoms with Gasteiger partial charge in [-0.2, -0.15) is 0 Å². The molecule has 14 heavy (non-hydrogen) atoms. The van der Waals surface area contributed by atoms with Crippen LogP contribution in [0.25, 0.3) is 5.57 Å². The van der Waals surface area contributed by atoms with Gasteiger partial charge in [-0.25, -0.2) is 0 Å². The number of methoxy groups -OCH3 is 1. The minimum atomic E-state index is -0.0921. The van der Waals surface area contributed by atoms with Crippen LogP contribution in [0.2, 0.25) is 5.02 Å². The predicted octanol–water partition coefficient (Wildman–Crippen LogP) is 2.95. The van der Waals surface area contributed by atoms with Gasteiger partial charge < -0.3 is 4.74 Å². The zero-order chi connectivity index (χ0) is 10.7. The molecule has 0 N–H and O–H groups in total. The van der Waals surface area contributed by atoms with Crippen molar-refractivity contribution in [3.63, 3.8) is 0 Å². The normalized spacial score (nSPS) is 9.64. The van der Waals surface area contributed by atoms with Crippen LogP contribution in [-0.4, -0.2) is 12.9 Å². The van der Waals surface area contributed by atoms with Gasteiger partial charge in [0.05, 0.1) is 7.11 Å². The molecular formula is C11H11ClO2. The highest BCUT2D eigenvalue weighted by molar-refractivity contribution is 6.31. The van der Waals surface area contributed by atoms with Gasteiger partial charge >= 0.3 is 0 Å². The van der Waals surface area contributed by atoms with E-state index in [1.165, 1.54) is 6.92 Å². The Morgan fingerprint density at radius 2 is 2.14 bits per heavy atom. The van der Waals surface area contributed by atoms with Crippen LogP contribution >= 0.6 is 11.6 Å². The predicted molar refractivity (Wildman–Crippen MR) is 57.7 cm³/mol. The Labute approximate surface area is 88.1 Å². The second-order valence-electron chi connectivity index (χ2n) is 2.88. The van der Waals surface area contributed by atoms with Crippen LogP contribution in [0.15, 0.2) is 24.8 Å². The van der Waals surface area contributed by atoms with Crippen LogP contribution in [0.3, 0.4) is 0 Å². The molecule has 0 aliphatic heterocycles. The number of allylic oxidation sites excluding steroid dienone is 1. The van der Waals surface area contributed by atoms with Crippen molar-refractivity contribution in [3.05, 3.63) is 35.4 Å². The van der Waals surface area contributed by atoms with Gasteiger partial charge in [-0.3, -0.25) is 4.79 Å². The molecule has 0 amide bonds. The molecule has 0 aromatic heterocycles. The van der Waals surface area contributed by atoms with Crippen LogP contribution in [0.5, 0.6) is 5.75 Å². The number of carbonyl (C=O) groups is 1. The lowest BCUT2D eigenvalue weighted by Gasteiger charge is -2.08. The smallest absolute Gasteiger partial charge is 0.159 e. The van der Waals surface area contributed by atoms with Gasteiger partial charge in [-0.05, 0) is 25.1 Å². The summed E-state index contributed by atoms with van der Waals surface area (Å²) in [6.45, 7) is 5.15. The molecule has 0 spiro atoms. The van der Waals surface area contributed by atoms with Gasteiger partial charge in [0.15, 0.2) is 5.78 Å². The summed E-state index contributed by atoms with van der Waals surface area (Å²) < 4.78 is 5.10. The highest BCUT2D eigenvalue weighted by Gasteiger charge is 2.10. The maximum atomic E-state index is 11.1. The monoisotopic (exact) mass is 210 g/mol. The number of rotatable bonds is 3. The highest BCUT2D eigenvalue weighted by atomic mass is 35.5. The van der Waals surface area contributed by atoms with Crippen molar-refractivity contribution in [1.82, 2.24) is 0 Å². The summed E-state index contributed by atoms with van der Waals surface area (Å²) in [6, 6.07) is 5.09. The summed E-state index contributed by atoms with van der Waals surface area (Å²) in [5.74, 6) is 0.514. The van der Waals surface area contributed by atoms with Crippen LogP contribution < -0.4 is 4.74 Å². The van der Waals surface area contributed by atoms with Gasteiger partial charge in [-0.15, -0.1) is 0 Å². The molecule has 1 aromatic carbocycles. The first kappa shape index (κ1) is 10.8. The Bertz CT molecular complexity index is 383. The molecule has 0 fully saturated rings. The molecule has 0 unspecified atom stereocenters. The van der Waals surface area contributed by atoms with Crippen LogP contribution in [0, 0.1) is 0 Å². The molecule has 1 aromatic rings. The molecule has 0 aliphatic carbocycles. The summed E-state index contributed by atoms with van der Waals surface area (Å²) in [5, 5.41) is 0.559. The lowest BCUT2D eigenvalue weighted by molar-refractivity contribution is -0.111. The molecular weight excluding hydrogens is 200 g/mol. The van der Waals surface area contributed by atoms with Gasteiger partial charge in [0.2, 0.25) is 0 Å². The van der Waals surface area contributed by atoms with E-state index in [1.807, 2.05) is 0 Å². The number of hydrogen-bond acceptors (Lipinski definition) is 2. The Morgan fingerprint density at radius 1 is 1.50 bits per heavy atom. The number of ketones is 1. The Kier molecular flexibility index (Phi) is 3.31. The lowest BCUT2D eigenvalue weighted by Crippen LogP contribution is -1.97. The third-order valence-corrected chi connectivity index (χ3v) is 2.15. The van der Waals surface area contributed by atoms with E-state index in [0.717, 1.165) is 0 Å². The molecule has 1 rings (SSSR count). The summed E-state index contributed by atoms with van der Waals surface area (Å²) in [7, 11) is 1.54. The van der Waals surface area contributed by atoms with E-state index in [-0.39, 0.29) is 5.78 Å². The third-order valence-electron chi connectivity index (χ3n) is 1.91. The first-order chi connectivity index (χ1) is 6.56. The van der Waals surface area contributed by atoms with Gasteiger partial charge in [0.1, 0.15) is 5.75 Å². The van der Waals surface area contributed by atoms with Crippen LogP contribution in [0.4, 0.5) is 0 Å². The SMILES string of the molecule is C=C(C(C)=O)c1cc(Cl)ccc1OC. The minimum Gasteiger partial charge on any atom is -0.496 e. The lowest BCUT2D eigenvalue weighted by atomic mass is 10.0. The number of carbonyl (C=O) groups excluding carboxylic acids is 1. The van der Waals surface area contributed by atoms with Crippen molar-refractivity contribution in [2.75, 3.05) is 7.11 Å². The molecule has 0 radical (unpaired) electrons. The molecule has 3 heteroatoms. The third kappa shape index (κ3) is 2.15. The van der Waals surface area contributed by atoms with Crippen molar-refractivity contribution in [3.8, 4) is 5.75 Å². The van der Waals surface area contributed by atoms with E-state index in [1.54, 1.807) is 25.3 Å². The Hall–Kier alpha value is -1.28. The van der Waals surface area contributed by atoms with Gasteiger partial charge in [0, 0.05) is 16.2 Å². The Balaban J connectivity index is 3.23. The van der Waals surface area contributed by atoms with E-state index in [0.29, 0.717) is 21.9 Å². The summed E-state index contributed by atoms with van der Waals surface area (Å²) >= 11 is 5.81. The molecule has 0 bridgehead atoms. The van der Waals surface area contributed by atoms with E-state index >= 15 is 0 Å². The molecule has 0 saturated carbocycles. The van der Waals surface area contributed by atoms with Gasteiger partial charge in [0.25, 0.3) is 0 Å². The van der Waals surface area contributed by atoms with Crippen molar-refractivity contribution >= 4 is 23.0 Å². The zero-order valence-corrected chi connectivity index (χ0v) is 8.89. The standard InChI is InChI=1S/C11H11ClO2/c1-7(8(2)13)10-6-9(12)4-5-11(10)14-3/h4-6H,1H2,2-3H3. The van der Waals surface area contributed by atoms with Crippen molar-refractivity contribution in [1.29, 1.82) is 0 Å². The average Bonchev–Trinajstić information content (AvgIpc) is 2.16. The van der Waals surface area contributed by atoms with Crippen LogP contribution in [0.1, 0.15) is 12.5 Å². The number of halogens is 1. The molecule has 2 nitrogen and oxygen atoms in total. The van der Waals surface area contributed by atoms with Crippen molar-refractivity contribution in [2.45, 2.75) is 6.92 Å². The second kappa shape index (κ2) is 4.29. The molecule has 74 valence electrons. The summed E-state index contributed by atoms with van der Waals surface area (Å²) in [5.41, 5.74) is 1.05. The van der Waals surface area contributed by atoms with E-state index < -0.39 is 0 Å². The number of hydrogen-bond donors (Lipinski definition) is 0. The second-order valence-corrected chi connectivity index (χ2v) is 3.32. The fourth-order valence-corrected chi connectivity index (χ4v) is 1.28. The number of ether oxygens (including phenoxy) is 1. The van der Waals surface area contributed by atoms with E-state index in [9.17, 15) is 4.79 Å². The summed E-state index contributed by atoms with van der Waals surface area (Å²) in [6.07, 6.45) is 0. The molecule has 0 saturated heterocycles. The maximum absolute atomic E-state index is 11.1.